The van der Waals surface area contributed by atoms with E-state index in [0.29, 0.717) is 22.4 Å². The zero-order valence-electron chi connectivity index (χ0n) is 8.60. The summed E-state index contributed by atoms with van der Waals surface area (Å²) in [7, 11) is 0. The van der Waals surface area contributed by atoms with Gasteiger partial charge in [0, 0.05) is 23.6 Å². The van der Waals surface area contributed by atoms with Crippen LogP contribution >= 0.6 is 39.1 Å². The quantitative estimate of drug-likeness (QED) is 0.486. The minimum atomic E-state index is 0.533. The maximum atomic E-state index is 5.99. The van der Waals surface area contributed by atoms with Gasteiger partial charge in [-0.05, 0) is 22.0 Å². The average molecular weight is 325 g/mol. The van der Waals surface area contributed by atoms with Gasteiger partial charge in [0.05, 0.1) is 10.0 Å². The fraction of sp³-hybridized carbons (Fsp3) is 0.273. The molecule has 0 aromatic heterocycles. The van der Waals surface area contributed by atoms with Crippen LogP contribution in [0.25, 0.3) is 0 Å². The predicted molar refractivity (Wildman–Crippen MR) is 72.7 cm³/mol. The summed E-state index contributed by atoms with van der Waals surface area (Å²) in [5, 5.41) is 4.25. The lowest BCUT2D eigenvalue weighted by Gasteiger charge is -2.09. The number of ether oxygens (including phenoxy) is 1. The first-order valence-corrected chi connectivity index (χ1v) is 6.29. The van der Waals surface area contributed by atoms with Crippen LogP contribution in [0.3, 0.4) is 0 Å². The fourth-order valence-electron chi connectivity index (χ4n) is 1.05. The average Bonchev–Trinajstić information content (AvgIpc) is 2.25. The standard InChI is InChI=1S/C11H12BrCl2NO/c1-2-3-15-4-5-16-11-7-9(13)8(12)6-10(11)14/h2,6-7,15H,1,3-5H2. The van der Waals surface area contributed by atoms with E-state index in [4.69, 9.17) is 27.9 Å². The highest BCUT2D eigenvalue weighted by atomic mass is 79.9. The topological polar surface area (TPSA) is 21.3 Å². The molecule has 0 amide bonds. The number of benzene rings is 1. The van der Waals surface area contributed by atoms with Crippen molar-refractivity contribution in [3.8, 4) is 5.75 Å². The molecule has 0 aliphatic heterocycles. The van der Waals surface area contributed by atoms with Crippen LogP contribution in [-0.4, -0.2) is 19.7 Å². The van der Waals surface area contributed by atoms with Crippen LogP contribution in [-0.2, 0) is 0 Å². The van der Waals surface area contributed by atoms with Gasteiger partial charge in [-0.3, -0.25) is 0 Å². The molecule has 88 valence electrons. The van der Waals surface area contributed by atoms with Gasteiger partial charge >= 0.3 is 0 Å². The monoisotopic (exact) mass is 323 g/mol. The Bertz CT molecular complexity index is 371. The van der Waals surface area contributed by atoms with E-state index in [1.54, 1.807) is 18.2 Å². The summed E-state index contributed by atoms with van der Waals surface area (Å²) in [4.78, 5) is 0. The van der Waals surface area contributed by atoms with Gasteiger partial charge in [-0.1, -0.05) is 29.3 Å². The molecule has 0 bridgehead atoms. The van der Waals surface area contributed by atoms with Gasteiger partial charge in [0.15, 0.2) is 0 Å². The summed E-state index contributed by atoms with van der Waals surface area (Å²) >= 11 is 15.2. The van der Waals surface area contributed by atoms with E-state index in [9.17, 15) is 0 Å². The molecule has 0 saturated heterocycles. The van der Waals surface area contributed by atoms with Crippen LogP contribution in [0.2, 0.25) is 10.0 Å². The largest absolute Gasteiger partial charge is 0.491 e. The van der Waals surface area contributed by atoms with Gasteiger partial charge < -0.3 is 10.1 Å². The second kappa shape index (κ2) is 7.17. The van der Waals surface area contributed by atoms with Gasteiger partial charge in [-0.25, -0.2) is 0 Å². The molecule has 0 spiro atoms. The van der Waals surface area contributed by atoms with Gasteiger partial charge in [0.25, 0.3) is 0 Å². The van der Waals surface area contributed by atoms with Crippen molar-refractivity contribution in [3.05, 3.63) is 39.3 Å². The van der Waals surface area contributed by atoms with Gasteiger partial charge in [-0.2, -0.15) is 0 Å². The van der Waals surface area contributed by atoms with E-state index in [0.717, 1.165) is 17.6 Å². The maximum absolute atomic E-state index is 5.99. The van der Waals surface area contributed by atoms with Crippen LogP contribution < -0.4 is 10.1 Å². The summed E-state index contributed by atoms with van der Waals surface area (Å²) in [6, 6.07) is 3.41. The lowest BCUT2D eigenvalue weighted by molar-refractivity contribution is 0.316. The Morgan fingerprint density at radius 3 is 2.81 bits per heavy atom. The Labute approximate surface area is 114 Å². The second-order valence-corrected chi connectivity index (χ2v) is 4.71. The molecule has 1 rings (SSSR count). The summed E-state index contributed by atoms with van der Waals surface area (Å²) in [6.45, 7) is 5.63. The highest BCUT2D eigenvalue weighted by Crippen LogP contribution is 2.33. The van der Waals surface area contributed by atoms with Crippen molar-refractivity contribution in [2.45, 2.75) is 0 Å². The Morgan fingerprint density at radius 2 is 2.12 bits per heavy atom. The van der Waals surface area contributed by atoms with Crippen LogP contribution in [0.4, 0.5) is 0 Å². The van der Waals surface area contributed by atoms with E-state index in [2.05, 4.69) is 27.8 Å². The summed E-state index contributed by atoms with van der Waals surface area (Å²) in [5.41, 5.74) is 0. The third-order valence-corrected chi connectivity index (χ3v) is 3.29. The summed E-state index contributed by atoms with van der Waals surface area (Å²) in [6.07, 6.45) is 1.80. The van der Waals surface area contributed by atoms with Gasteiger partial charge in [-0.15, -0.1) is 6.58 Å². The normalized spacial score (nSPS) is 10.2. The van der Waals surface area contributed by atoms with E-state index in [-0.39, 0.29) is 0 Å². The lowest BCUT2D eigenvalue weighted by atomic mass is 10.3. The van der Waals surface area contributed by atoms with Crippen molar-refractivity contribution in [2.75, 3.05) is 19.7 Å². The summed E-state index contributed by atoms with van der Waals surface area (Å²) in [5.74, 6) is 0.593. The van der Waals surface area contributed by atoms with E-state index < -0.39 is 0 Å². The number of hydrogen-bond donors (Lipinski definition) is 1. The van der Waals surface area contributed by atoms with Crippen LogP contribution in [0.5, 0.6) is 5.75 Å². The Kier molecular flexibility index (Phi) is 6.21. The highest BCUT2D eigenvalue weighted by molar-refractivity contribution is 9.10. The van der Waals surface area contributed by atoms with Gasteiger partial charge in [0.2, 0.25) is 0 Å². The van der Waals surface area contributed by atoms with Gasteiger partial charge in [0.1, 0.15) is 12.4 Å². The number of rotatable bonds is 6. The smallest absolute Gasteiger partial charge is 0.139 e. The zero-order valence-corrected chi connectivity index (χ0v) is 11.7. The summed E-state index contributed by atoms with van der Waals surface area (Å²) < 4.78 is 6.25. The molecule has 16 heavy (non-hydrogen) atoms. The molecule has 0 heterocycles. The maximum Gasteiger partial charge on any atom is 0.139 e. The first-order valence-electron chi connectivity index (χ1n) is 4.74. The molecule has 0 saturated carbocycles. The molecule has 0 unspecified atom stereocenters. The van der Waals surface area contributed by atoms with Crippen LogP contribution in [0.1, 0.15) is 0 Å². The Morgan fingerprint density at radius 1 is 1.38 bits per heavy atom. The first kappa shape index (κ1) is 13.8. The number of hydrogen-bond acceptors (Lipinski definition) is 2. The van der Waals surface area contributed by atoms with E-state index in [1.807, 2.05) is 0 Å². The SMILES string of the molecule is C=CCNCCOc1cc(Cl)c(Br)cc1Cl. The molecule has 5 heteroatoms. The zero-order chi connectivity index (χ0) is 12.0. The molecule has 0 radical (unpaired) electrons. The third-order valence-electron chi connectivity index (χ3n) is 1.80. The Balaban J connectivity index is 2.47. The van der Waals surface area contributed by atoms with Crippen molar-refractivity contribution in [2.24, 2.45) is 0 Å². The van der Waals surface area contributed by atoms with Crippen molar-refractivity contribution >= 4 is 39.1 Å². The van der Waals surface area contributed by atoms with E-state index >= 15 is 0 Å². The lowest BCUT2D eigenvalue weighted by Crippen LogP contribution is -2.20. The molecule has 1 aromatic rings. The molecule has 1 N–H and O–H groups in total. The van der Waals surface area contributed by atoms with Crippen molar-refractivity contribution < 1.29 is 4.74 Å². The third kappa shape index (κ3) is 4.34. The molecular weight excluding hydrogens is 313 g/mol. The van der Waals surface area contributed by atoms with Crippen molar-refractivity contribution in [1.82, 2.24) is 5.32 Å². The van der Waals surface area contributed by atoms with Crippen molar-refractivity contribution in [1.29, 1.82) is 0 Å². The number of halogens is 3. The van der Waals surface area contributed by atoms with Crippen LogP contribution in [0.15, 0.2) is 29.3 Å². The second-order valence-electron chi connectivity index (χ2n) is 3.04. The minimum Gasteiger partial charge on any atom is -0.491 e. The highest BCUT2D eigenvalue weighted by Gasteiger charge is 2.06. The molecule has 1 aromatic carbocycles. The molecule has 2 nitrogen and oxygen atoms in total. The predicted octanol–water partition coefficient (Wildman–Crippen LogP) is 3.91. The number of nitrogens with one attached hydrogen (secondary N) is 1. The first-order chi connectivity index (χ1) is 7.65. The van der Waals surface area contributed by atoms with E-state index in [1.165, 1.54) is 0 Å². The minimum absolute atomic E-state index is 0.533. The van der Waals surface area contributed by atoms with Crippen LogP contribution in [0, 0.1) is 0 Å². The Hall–Kier alpha value is -0.220. The molecular formula is C11H12BrCl2NO. The molecule has 0 fully saturated rings. The molecule has 0 atom stereocenters. The molecule has 0 aliphatic rings. The fourth-order valence-corrected chi connectivity index (χ4v) is 1.90. The van der Waals surface area contributed by atoms with Crippen molar-refractivity contribution in [3.63, 3.8) is 0 Å². The molecule has 0 aliphatic carbocycles.